The van der Waals surface area contributed by atoms with Crippen molar-refractivity contribution in [3.63, 3.8) is 0 Å². The Hall–Kier alpha value is -1.02. The van der Waals surface area contributed by atoms with Gasteiger partial charge in [-0.15, -0.1) is 11.3 Å². The van der Waals surface area contributed by atoms with Crippen LogP contribution >= 0.6 is 11.3 Å². The van der Waals surface area contributed by atoms with Crippen LogP contribution in [0, 0.1) is 12.3 Å². The minimum absolute atomic E-state index is 0.0243. The molecule has 23 heavy (non-hydrogen) atoms. The second-order valence-corrected chi connectivity index (χ2v) is 9.78. The molecule has 124 valence electrons. The molecule has 1 aromatic carbocycles. The van der Waals surface area contributed by atoms with Crippen molar-refractivity contribution in [3.8, 4) is 0 Å². The number of fused-ring (bicyclic) bond motifs is 1. The summed E-state index contributed by atoms with van der Waals surface area (Å²) < 4.78 is 34.2. The number of sulfonamides is 1. The fraction of sp³-hybridized carbons (Fsp3) is 0.562. The zero-order valence-electron chi connectivity index (χ0n) is 13.1. The second-order valence-electron chi connectivity index (χ2n) is 6.61. The van der Waals surface area contributed by atoms with Crippen LogP contribution in [0.4, 0.5) is 0 Å². The van der Waals surface area contributed by atoms with Gasteiger partial charge in [-0.3, -0.25) is 0 Å². The molecule has 0 N–H and O–H groups in total. The maximum absolute atomic E-state index is 13.0. The van der Waals surface area contributed by atoms with Crippen molar-refractivity contribution in [1.82, 2.24) is 9.29 Å². The third kappa shape index (κ3) is 2.69. The van der Waals surface area contributed by atoms with Gasteiger partial charge >= 0.3 is 0 Å². The lowest BCUT2D eigenvalue weighted by atomic mass is 9.80. The zero-order chi connectivity index (χ0) is 16.1. The number of rotatable bonds is 2. The van der Waals surface area contributed by atoms with Crippen LogP contribution in [0.3, 0.4) is 0 Å². The third-order valence-electron chi connectivity index (χ3n) is 4.92. The van der Waals surface area contributed by atoms with Crippen LogP contribution in [0.25, 0.3) is 10.2 Å². The predicted octanol–water partition coefficient (Wildman–Crippen LogP) is 2.80. The van der Waals surface area contributed by atoms with Crippen LogP contribution in [0.2, 0.25) is 0 Å². The minimum atomic E-state index is -3.45. The predicted molar refractivity (Wildman–Crippen MR) is 90.2 cm³/mol. The van der Waals surface area contributed by atoms with Crippen LogP contribution in [0.15, 0.2) is 23.1 Å². The Morgan fingerprint density at radius 3 is 3.00 bits per heavy atom. The van der Waals surface area contributed by atoms with Gasteiger partial charge in [0.2, 0.25) is 10.0 Å². The maximum Gasteiger partial charge on any atom is 0.243 e. The summed E-state index contributed by atoms with van der Waals surface area (Å²) in [7, 11) is -3.45. The second kappa shape index (κ2) is 5.51. The van der Waals surface area contributed by atoms with E-state index in [1.165, 1.54) is 11.3 Å². The van der Waals surface area contributed by atoms with E-state index in [-0.39, 0.29) is 5.41 Å². The molecule has 2 aliphatic heterocycles. The molecular formula is C16H20N2O3S2. The molecule has 2 saturated heterocycles. The van der Waals surface area contributed by atoms with Crippen molar-refractivity contribution in [2.45, 2.75) is 31.1 Å². The summed E-state index contributed by atoms with van der Waals surface area (Å²) in [6.45, 7) is 4.55. The van der Waals surface area contributed by atoms with Gasteiger partial charge in [-0.1, -0.05) is 0 Å². The normalized spacial score (nSPS) is 26.3. The van der Waals surface area contributed by atoms with Crippen LogP contribution in [-0.2, 0) is 14.8 Å². The highest BCUT2D eigenvalue weighted by atomic mass is 32.2. The van der Waals surface area contributed by atoms with Crippen molar-refractivity contribution >= 4 is 31.6 Å². The monoisotopic (exact) mass is 352 g/mol. The summed E-state index contributed by atoms with van der Waals surface area (Å²) in [6, 6.07) is 5.26. The van der Waals surface area contributed by atoms with Crippen molar-refractivity contribution < 1.29 is 13.2 Å². The number of nitrogens with zero attached hydrogens (tertiary/aromatic N) is 2. The molecule has 0 saturated carbocycles. The first-order chi connectivity index (χ1) is 11.0. The van der Waals surface area contributed by atoms with Gasteiger partial charge in [0.05, 0.1) is 26.7 Å². The van der Waals surface area contributed by atoms with Crippen LogP contribution < -0.4 is 0 Å². The fourth-order valence-corrected chi connectivity index (χ4v) is 6.23. The molecule has 2 aromatic rings. The Morgan fingerprint density at radius 2 is 2.22 bits per heavy atom. The summed E-state index contributed by atoms with van der Waals surface area (Å²) in [5.41, 5.74) is 0.891. The van der Waals surface area contributed by atoms with Gasteiger partial charge in [-0.05, 0) is 44.4 Å². The molecule has 2 fully saturated rings. The standard InChI is InChI=1S/C16H20N2O3S2/c1-12-17-14-4-3-13(9-15(14)22-12)23(19,20)18-7-2-5-16(10-18)6-8-21-11-16/h3-4,9H,2,5-8,10-11H2,1H3. The summed E-state index contributed by atoms with van der Waals surface area (Å²) in [5, 5.41) is 0.953. The molecule has 1 unspecified atom stereocenters. The Labute approximate surface area is 140 Å². The molecule has 0 amide bonds. The lowest BCUT2D eigenvalue weighted by Gasteiger charge is -2.38. The number of benzene rings is 1. The van der Waals surface area contributed by atoms with Crippen LogP contribution in [0.1, 0.15) is 24.3 Å². The van der Waals surface area contributed by atoms with E-state index in [2.05, 4.69) is 4.98 Å². The summed E-state index contributed by atoms with van der Waals surface area (Å²) >= 11 is 1.53. The molecule has 1 atom stereocenters. The first-order valence-electron chi connectivity index (χ1n) is 7.94. The van der Waals surface area contributed by atoms with E-state index in [1.54, 1.807) is 16.4 Å². The zero-order valence-corrected chi connectivity index (χ0v) is 14.8. The Balaban J connectivity index is 1.67. The lowest BCUT2D eigenvalue weighted by Crippen LogP contribution is -2.46. The Morgan fingerprint density at radius 1 is 1.35 bits per heavy atom. The van der Waals surface area contributed by atoms with E-state index in [0.717, 1.165) is 41.1 Å². The first kappa shape index (κ1) is 15.5. The number of ether oxygens (including phenoxy) is 1. The van der Waals surface area contributed by atoms with Crippen molar-refractivity contribution in [2.75, 3.05) is 26.3 Å². The maximum atomic E-state index is 13.0. The number of aromatic nitrogens is 1. The van der Waals surface area contributed by atoms with Crippen LogP contribution in [-0.4, -0.2) is 44.0 Å². The quantitative estimate of drug-likeness (QED) is 0.834. The molecular weight excluding hydrogens is 332 g/mol. The van der Waals surface area contributed by atoms with Gasteiger partial charge in [0.15, 0.2) is 0 Å². The van der Waals surface area contributed by atoms with E-state index < -0.39 is 10.0 Å². The van der Waals surface area contributed by atoms with E-state index in [1.807, 2.05) is 13.0 Å². The van der Waals surface area contributed by atoms with Gasteiger partial charge in [0.1, 0.15) is 0 Å². The number of hydrogen-bond acceptors (Lipinski definition) is 5. The van der Waals surface area contributed by atoms with Gasteiger partial charge in [-0.2, -0.15) is 4.31 Å². The molecule has 2 aliphatic rings. The fourth-order valence-electron chi connectivity index (χ4n) is 3.67. The number of hydrogen-bond donors (Lipinski definition) is 0. The van der Waals surface area contributed by atoms with Gasteiger partial charge < -0.3 is 4.74 Å². The Kier molecular flexibility index (Phi) is 3.72. The van der Waals surface area contributed by atoms with Crippen LogP contribution in [0.5, 0.6) is 0 Å². The average molecular weight is 352 g/mol. The molecule has 1 spiro atoms. The summed E-state index contributed by atoms with van der Waals surface area (Å²) in [5.74, 6) is 0. The first-order valence-corrected chi connectivity index (χ1v) is 10.2. The molecule has 3 heterocycles. The average Bonchev–Trinajstić information content (AvgIpc) is 3.12. The summed E-state index contributed by atoms with van der Waals surface area (Å²) in [4.78, 5) is 4.78. The molecule has 0 radical (unpaired) electrons. The van der Waals surface area contributed by atoms with Gasteiger partial charge in [0.25, 0.3) is 0 Å². The number of piperidine rings is 1. The molecule has 7 heteroatoms. The van der Waals surface area contributed by atoms with Gasteiger partial charge in [0, 0.05) is 25.1 Å². The van der Waals surface area contributed by atoms with E-state index in [4.69, 9.17) is 4.74 Å². The largest absolute Gasteiger partial charge is 0.381 e. The number of aryl methyl sites for hydroxylation is 1. The van der Waals surface area contributed by atoms with E-state index in [0.29, 0.717) is 24.6 Å². The SMILES string of the molecule is Cc1nc2ccc(S(=O)(=O)N3CCCC4(CCOC4)C3)cc2s1. The summed E-state index contributed by atoms with van der Waals surface area (Å²) in [6.07, 6.45) is 2.93. The van der Waals surface area contributed by atoms with Crippen molar-refractivity contribution in [1.29, 1.82) is 0 Å². The lowest BCUT2D eigenvalue weighted by molar-refractivity contribution is 0.105. The highest BCUT2D eigenvalue weighted by Gasteiger charge is 2.42. The van der Waals surface area contributed by atoms with Gasteiger partial charge in [-0.25, -0.2) is 13.4 Å². The highest BCUT2D eigenvalue weighted by Crippen LogP contribution is 2.39. The molecule has 0 bridgehead atoms. The van der Waals surface area contributed by atoms with Crippen molar-refractivity contribution in [2.24, 2.45) is 5.41 Å². The third-order valence-corrected chi connectivity index (χ3v) is 7.69. The van der Waals surface area contributed by atoms with E-state index >= 15 is 0 Å². The van der Waals surface area contributed by atoms with E-state index in [9.17, 15) is 8.42 Å². The minimum Gasteiger partial charge on any atom is -0.381 e. The highest BCUT2D eigenvalue weighted by molar-refractivity contribution is 7.89. The topological polar surface area (TPSA) is 59.5 Å². The molecule has 0 aliphatic carbocycles. The molecule has 4 rings (SSSR count). The van der Waals surface area contributed by atoms with Crippen molar-refractivity contribution in [3.05, 3.63) is 23.2 Å². The Bertz CT molecular complexity index is 838. The molecule has 5 nitrogen and oxygen atoms in total. The smallest absolute Gasteiger partial charge is 0.243 e. The molecule has 1 aromatic heterocycles. The number of thiazole rings is 1.